The maximum Gasteiger partial charge on any atom is 0.339 e. The minimum Gasteiger partial charge on any atom is -0.478 e. The summed E-state index contributed by atoms with van der Waals surface area (Å²) >= 11 is 0. The van der Waals surface area contributed by atoms with Crippen molar-refractivity contribution >= 4 is 11.8 Å². The summed E-state index contributed by atoms with van der Waals surface area (Å²) < 4.78 is 5.34. The third kappa shape index (κ3) is 2.77. The van der Waals surface area contributed by atoms with E-state index >= 15 is 0 Å². The van der Waals surface area contributed by atoms with Gasteiger partial charge in [-0.3, -0.25) is 0 Å². The van der Waals surface area contributed by atoms with E-state index in [2.05, 4.69) is 10.3 Å². The molecule has 0 saturated carbocycles. The Labute approximate surface area is 123 Å². The van der Waals surface area contributed by atoms with Crippen molar-refractivity contribution in [3.05, 3.63) is 47.0 Å². The minimum atomic E-state index is -0.954. The molecule has 1 unspecified atom stereocenters. The van der Waals surface area contributed by atoms with Gasteiger partial charge in [0.05, 0.1) is 12.3 Å². The van der Waals surface area contributed by atoms with Gasteiger partial charge in [0.25, 0.3) is 0 Å². The van der Waals surface area contributed by atoms with E-state index in [1.165, 1.54) is 0 Å². The van der Waals surface area contributed by atoms with Crippen LogP contribution >= 0.6 is 0 Å². The Balaban J connectivity index is 1.94. The molecule has 2 aromatic heterocycles. The second-order valence-electron chi connectivity index (χ2n) is 5.38. The minimum absolute atomic E-state index is 0.132. The molecule has 21 heavy (non-hydrogen) atoms. The molecule has 0 saturated heterocycles. The molecule has 0 fully saturated rings. The number of carboxylic acids is 1. The molecule has 2 N–H and O–H groups in total. The highest BCUT2D eigenvalue weighted by molar-refractivity contribution is 5.93. The van der Waals surface area contributed by atoms with Gasteiger partial charge in [-0.2, -0.15) is 0 Å². The molecule has 3 rings (SSSR count). The van der Waals surface area contributed by atoms with Crippen molar-refractivity contribution in [3.63, 3.8) is 0 Å². The SMILES string of the molecule is CC(Nc1nc2c(cc1C(=O)O)CCCC2)c1ccco1. The van der Waals surface area contributed by atoms with Crippen LogP contribution in [0.4, 0.5) is 5.82 Å². The van der Waals surface area contributed by atoms with Crippen molar-refractivity contribution in [3.8, 4) is 0 Å². The third-order valence-corrected chi connectivity index (χ3v) is 3.85. The molecule has 0 bridgehead atoms. The van der Waals surface area contributed by atoms with E-state index in [-0.39, 0.29) is 11.6 Å². The second kappa shape index (κ2) is 5.60. The van der Waals surface area contributed by atoms with Crippen LogP contribution in [-0.2, 0) is 12.8 Å². The van der Waals surface area contributed by atoms with Crippen molar-refractivity contribution < 1.29 is 14.3 Å². The summed E-state index contributed by atoms with van der Waals surface area (Å²) in [5.74, 6) is 0.225. The summed E-state index contributed by atoms with van der Waals surface area (Å²) in [7, 11) is 0. The predicted molar refractivity (Wildman–Crippen MR) is 78.6 cm³/mol. The number of hydrogen-bond donors (Lipinski definition) is 2. The fourth-order valence-electron chi connectivity index (χ4n) is 2.72. The number of aromatic carboxylic acids is 1. The summed E-state index contributed by atoms with van der Waals surface area (Å²) in [5, 5.41) is 12.6. The van der Waals surface area contributed by atoms with E-state index in [0.29, 0.717) is 5.82 Å². The molecule has 110 valence electrons. The average molecular weight is 286 g/mol. The van der Waals surface area contributed by atoms with Crippen molar-refractivity contribution in [2.75, 3.05) is 5.32 Å². The number of nitrogens with one attached hydrogen (secondary N) is 1. The van der Waals surface area contributed by atoms with Gasteiger partial charge >= 0.3 is 5.97 Å². The number of pyridine rings is 1. The largest absolute Gasteiger partial charge is 0.478 e. The summed E-state index contributed by atoms with van der Waals surface area (Å²) in [4.78, 5) is 16.0. The molecule has 2 heterocycles. The topological polar surface area (TPSA) is 75.4 Å². The van der Waals surface area contributed by atoms with Crippen LogP contribution < -0.4 is 5.32 Å². The monoisotopic (exact) mass is 286 g/mol. The van der Waals surface area contributed by atoms with Gasteiger partial charge in [0.2, 0.25) is 0 Å². The molecule has 0 amide bonds. The van der Waals surface area contributed by atoms with Gasteiger partial charge in [-0.05, 0) is 56.4 Å². The number of nitrogens with zero attached hydrogens (tertiary/aromatic N) is 1. The number of fused-ring (bicyclic) bond motifs is 1. The van der Waals surface area contributed by atoms with Crippen LogP contribution in [-0.4, -0.2) is 16.1 Å². The molecule has 5 heteroatoms. The molecule has 1 aliphatic carbocycles. The highest BCUT2D eigenvalue weighted by Gasteiger charge is 2.20. The number of rotatable bonds is 4. The molecule has 5 nitrogen and oxygen atoms in total. The normalized spacial score (nSPS) is 15.3. The Kier molecular flexibility index (Phi) is 3.64. The fourth-order valence-corrected chi connectivity index (χ4v) is 2.72. The Bertz CT molecular complexity index is 650. The lowest BCUT2D eigenvalue weighted by Crippen LogP contribution is -2.16. The molecule has 0 aromatic carbocycles. The number of aromatic nitrogens is 1. The smallest absolute Gasteiger partial charge is 0.339 e. The van der Waals surface area contributed by atoms with E-state index in [0.717, 1.165) is 42.7 Å². The van der Waals surface area contributed by atoms with Crippen LogP contribution in [0.15, 0.2) is 28.9 Å². The van der Waals surface area contributed by atoms with Crippen LogP contribution in [0.25, 0.3) is 0 Å². The summed E-state index contributed by atoms with van der Waals surface area (Å²) in [5.41, 5.74) is 2.31. The van der Waals surface area contributed by atoms with E-state index < -0.39 is 5.97 Å². The maximum absolute atomic E-state index is 11.5. The molecule has 0 aliphatic heterocycles. The number of furan rings is 1. The standard InChI is InChI=1S/C16H18N2O3/c1-10(14-7-4-8-21-14)17-15-12(16(19)20)9-11-5-2-3-6-13(11)18-15/h4,7-10H,2-3,5-6H2,1H3,(H,17,18)(H,19,20). The first-order valence-electron chi connectivity index (χ1n) is 7.21. The zero-order valence-corrected chi connectivity index (χ0v) is 11.9. The molecule has 1 aliphatic rings. The Morgan fingerprint density at radius 2 is 2.24 bits per heavy atom. The maximum atomic E-state index is 11.5. The fraction of sp³-hybridized carbons (Fsp3) is 0.375. The number of aryl methyl sites for hydroxylation is 2. The highest BCUT2D eigenvalue weighted by atomic mass is 16.4. The molecule has 0 radical (unpaired) electrons. The van der Waals surface area contributed by atoms with E-state index in [1.54, 1.807) is 12.3 Å². The summed E-state index contributed by atoms with van der Waals surface area (Å²) in [6, 6.07) is 5.30. The average Bonchev–Trinajstić information content (AvgIpc) is 3.00. The number of carbonyl (C=O) groups is 1. The van der Waals surface area contributed by atoms with Gasteiger partial charge < -0.3 is 14.8 Å². The van der Waals surface area contributed by atoms with Crippen molar-refractivity contribution in [2.24, 2.45) is 0 Å². The lowest BCUT2D eigenvalue weighted by atomic mass is 9.94. The van der Waals surface area contributed by atoms with Gasteiger partial charge in [0.15, 0.2) is 0 Å². The first-order chi connectivity index (χ1) is 10.1. The molecule has 0 spiro atoms. The van der Waals surface area contributed by atoms with Crippen LogP contribution in [0, 0.1) is 0 Å². The van der Waals surface area contributed by atoms with Crippen LogP contribution in [0.5, 0.6) is 0 Å². The van der Waals surface area contributed by atoms with Crippen molar-refractivity contribution in [1.82, 2.24) is 4.98 Å². The summed E-state index contributed by atoms with van der Waals surface area (Å²) in [6.07, 6.45) is 5.64. The number of carboxylic acid groups (broad SMARTS) is 1. The van der Waals surface area contributed by atoms with Crippen molar-refractivity contribution in [2.45, 2.75) is 38.6 Å². The lowest BCUT2D eigenvalue weighted by Gasteiger charge is -2.20. The zero-order chi connectivity index (χ0) is 14.8. The second-order valence-corrected chi connectivity index (χ2v) is 5.38. The Morgan fingerprint density at radius 3 is 2.95 bits per heavy atom. The van der Waals surface area contributed by atoms with Gasteiger partial charge in [-0.15, -0.1) is 0 Å². The Morgan fingerprint density at radius 1 is 1.43 bits per heavy atom. The van der Waals surface area contributed by atoms with Gasteiger partial charge in [-0.25, -0.2) is 9.78 Å². The molecule has 1 atom stereocenters. The van der Waals surface area contributed by atoms with Crippen LogP contribution in [0.1, 0.15) is 53.2 Å². The van der Waals surface area contributed by atoms with Crippen LogP contribution in [0.2, 0.25) is 0 Å². The predicted octanol–water partition coefficient (Wildman–Crippen LogP) is 3.42. The Hall–Kier alpha value is -2.30. The van der Waals surface area contributed by atoms with Gasteiger partial charge in [0.1, 0.15) is 17.1 Å². The van der Waals surface area contributed by atoms with Gasteiger partial charge in [-0.1, -0.05) is 0 Å². The quantitative estimate of drug-likeness (QED) is 0.900. The highest BCUT2D eigenvalue weighted by Crippen LogP contribution is 2.27. The van der Waals surface area contributed by atoms with Crippen molar-refractivity contribution in [1.29, 1.82) is 0 Å². The number of anilines is 1. The first kappa shape index (κ1) is 13.7. The van der Waals surface area contributed by atoms with Gasteiger partial charge in [0, 0.05) is 5.69 Å². The van der Waals surface area contributed by atoms with E-state index in [9.17, 15) is 9.90 Å². The lowest BCUT2D eigenvalue weighted by molar-refractivity contribution is 0.0697. The third-order valence-electron chi connectivity index (χ3n) is 3.85. The molecular formula is C16H18N2O3. The van der Waals surface area contributed by atoms with Crippen LogP contribution in [0.3, 0.4) is 0 Å². The summed E-state index contributed by atoms with van der Waals surface area (Å²) in [6.45, 7) is 1.92. The van der Waals surface area contributed by atoms with E-state index in [4.69, 9.17) is 4.42 Å². The van der Waals surface area contributed by atoms with E-state index in [1.807, 2.05) is 19.1 Å². The molecule has 2 aromatic rings. The molecular weight excluding hydrogens is 268 g/mol. The zero-order valence-electron chi connectivity index (χ0n) is 11.9. The number of hydrogen-bond acceptors (Lipinski definition) is 4. The first-order valence-corrected chi connectivity index (χ1v) is 7.21.